The van der Waals surface area contributed by atoms with Crippen molar-refractivity contribution >= 4 is 39.1 Å². The molecule has 2 N–H and O–H groups in total. The van der Waals surface area contributed by atoms with Crippen LogP contribution >= 0.6 is 15.9 Å². The van der Waals surface area contributed by atoms with Gasteiger partial charge < -0.3 is 15.4 Å². The van der Waals surface area contributed by atoms with Gasteiger partial charge in [0.1, 0.15) is 11.6 Å². The van der Waals surface area contributed by atoms with E-state index in [1.165, 1.54) is 0 Å². The van der Waals surface area contributed by atoms with E-state index in [2.05, 4.69) is 36.5 Å². The molecule has 128 valence electrons. The van der Waals surface area contributed by atoms with E-state index in [1.54, 1.807) is 0 Å². The Kier molecular flexibility index (Phi) is 5.50. The fourth-order valence-electron chi connectivity index (χ4n) is 2.34. The van der Waals surface area contributed by atoms with E-state index in [4.69, 9.17) is 4.74 Å². The van der Waals surface area contributed by atoms with Gasteiger partial charge in [0.25, 0.3) is 0 Å². The second-order valence-corrected chi connectivity index (χ2v) is 6.32. The lowest BCUT2D eigenvalue weighted by Crippen LogP contribution is -2.03. The van der Waals surface area contributed by atoms with Crippen molar-refractivity contribution in [2.75, 3.05) is 17.2 Å². The molecule has 0 aliphatic carbocycles. The topological polar surface area (TPSA) is 59.1 Å². The van der Waals surface area contributed by atoms with Gasteiger partial charge in [0.15, 0.2) is 0 Å². The Morgan fingerprint density at radius 3 is 2.52 bits per heavy atom. The highest BCUT2D eigenvalue weighted by molar-refractivity contribution is 9.10. The zero-order valence-electron chi connectivity index (χ0n) is 14.1. The highest BCUT2D eigenvalue weighted by atomic mass is 79.9. The summed E-state index contributed by atoms with van der Waals surface area (Å²) >= 11 is 3.43. The van der Waals surface area contributed by atoms with Gasteiger partial charge in [0.05, 0.1) is 12.3 Å². The molecule has 0 aliphatic heterocycles. The van der Waals surface area contributed by atoms with E-state index < -0.39 is 0 Å². The Morgan fingerprint density at radius 1 is 1.00 bits per heavy atom. The molecule has 5 nitrogen and oxygen atoms in total. The highest BCUT2D eigenvalue weighted by Gasteiger charge is 2.07. The number of aromatic nitrogens is 2. The molecule has 0 saturated heterocycles. The second-order valence-electron chi connectivity index (χ2n) is 5.40. The van der Waals surface area contributed by atoms with Crippen molar-refractivity contribution < 1.29 is 4.74 Å². The van der Waals surface area contributed by atoms with Crippen LogP contribution in [-0.4, -0.2) is 16.6 Å². The number of ether oxygens (including phenoxy) is 1. The lowest BCUT2D eigenvalue weighted by atomic mass is 10.3. The predicted molar refractivity (Wildman–Crippen MR) is 105 cm³/mol. The third-order valence-corrected chi connectivity index (χ3v) is 3.93. The number of anilines is 4. The molecule has 6 heteroatoms. The summed E-state index contributed by atoms with van der Waals surface area (Å²) in [4.78, 5) is 8.99. The lowest BCUT2D eigenvalue weighted by molar-refractivity contribution is 0.342. The van der Waals surface area contributed by atoms with Crippen molar-refractivity contribution in [1.29, 1.82) is 0 Å². The molecule has 0 fully saturated rings. The summed E-state index contributed by atoms with van der Waals surface area (Å²) in [6.07, 6.45) is 0. The van der Waals surface area contributed by atoms with Crippen LogP contribution in [-0.2, 0) is 0 Å². The summed E-state index contributed by atoms with van der Waals surface area (Å²) in [7, 11) is 0. The summed E-state index contributed by atoms with van der Waals surface area (Å²) in [5.41, 5.74) is 2.66. The fraction of sp³-hybridized carbons (Fsp3) is 0.158. The molecule has 0 unspecified atom stereocenters. The molecule has 1 heterocycles. The van der Waals surface area contributed by atoms with Gasteiger partial charge in [0.2, 0.25) is 5.95 Å². The number of benzene rings is 2. The maximum Gasteiger partial charge on any atom is 0.229 e. The molecule has 0 bridgehead atoms. The Balaban J connectivity index is 1.83. The van der Waals surface area contributed by atoms with Crippen LogP contribution in [0.4, 0.5) is 23.1 Å². The molecule has 0 aliphatic rings. The van der Waals surface area contributed by atoms with Crippen LogP contribution in [0.1, 0.15) is 12.6 Å². The SMILES string of the molecule is CCOc1ccccc1Nc1cc(C)nc(Nc2ccc(Br)cc2)n1. The zero-order chi connectivity index (χ0) is 17.6. The minimum Gasteiger partial charge on any atom is -0.492 e. The van der Waals surface area contributed by atoms with Crippen molar-refractivity contribution in [3.63, 3.8) is 0 Å². The maximum absolute atomic E-state index is 5.65. The Morgan fingerprint density at radius 2 is 1.76 bits per heavy atom. The van der Waals surface area contributed by atoms with E-state index in [1.807, 2.05) is 68.4 Å². The summed E-state index contributed by atoms with van der Waals surface area (Å²) in [6.45, 7) is 4.51. The molecule has 2 aromatic carbocycles. The molecule has 1 aromatic heterocycles. The first-order chi connectivity index (χ1) is 12.1. The monoisotopic (exact) mass is 398 g/mol. The molecule has 0 spiro atoms. The van der Waals surface area contributed by atoms with Gasteiger partial charge in [0, 0.05) is 21.9 Å². The van der Waals surface area contributed by atoms with Crippen LogP contribution in [0.25, 0.3) is 0 Å². The van der Waals surface area contributed by atoms with Gasteiger partial charge in [-0.1, -0.05) is 28.1 Å². The van der Waals surface area contributed by atoms with E-state index in [-0.39, 0.29) is 0 Å². The first-order valence-corrected chi connectivity index (χ1v) is 8.80. The molecule has 0 amide bonds. The first-order valence-electron chi connectivity index (χ1n) is 8.01. The molecule has 3 aromatic rings. The van der Waals surface area contributed by atoms with E-state index in [9.17, 15) is 0 Å². The molecular weight excluding hydrogens is 380 g/mol. The van der Waals surface area contributed by atoms with Crippen molar-refractivity contribution in [2.24, 2.45) is 0 Å². The minimum atomic E-state index is 0.540. The quantitative estimate of drug-likeness (QED) is 0.579. The van der Waals surface area contributed by atoms with Crippen molar-refractivity contribution in [3.05, 3.63) is 64.8 Å². The number of hydrogen-bond acceptors (Lipinski definition) is 5. The molecule has 3 rings (SSSR count). The first kappa shape index (κ1) is 17.2. The van der Waals surface area contributed by atoms with Gasteiger partial charge in [-0.05, 0) is 50.2 Å². The Bertz CT molecular complexity index is 852. The number of rotatable bonds is 6. The van der Waals surface area contributed by atoms with Gasteiger partial charge >= 0.3 is 0 Å². The van der Waals surface area contributed by atoms with Crippen LogP contribution in [0.2, 0.25) is 0 Å². The Labute approximate surface area is 155 Å². The molecule has 0 radical (unpaired) electrons. The lowest BCUT2D eigenvalue weighted by Gasteiger charge is -2.13. The van der Waals surface area contributed by atoms with E-state index in [0.29, 0.717) is 18.4 Å². The largest absolute Gasteiger partial charge is 0.492 e. The van der Waals surface area contributed by atoms with Gasteiger partial charge in [-0.25, -0.2) is 4.98 Å². The smallest absolute Gasteiger partial charge is 0.229 e. The molecule has 0 atom stereocenters. The zero-order valence-corrected chi connectivity index (χ0v) is 15.7. The van der Waals surface area contributed by atoms with Crippen LogP contribution in [0.3, 0.4) is 0 Å². The van der Waals surface area contributed by atoms with Gasteiger partial charge in [-0.15, -0.1) is 0 Å². The average Bonchev–Trinajstić information content (AvgIpc) is 2.58. The number of hydrogen-bond donors (Lipinski definition) is 2. The van der Waals surface area contributed by atoms with Crippen LogP contribution in [0, 0.1) is 6.92 Å². The van der Waals surface area contributed by atoms with Crippen molar-refractivity contribution in [3.8, 4) is 5.75 Å². The fourth-order valence-corrected chi connectivity index (χ4v) is 2.60. The van der Waals surface area contributed by atoms with Crippen LogP contribution in [0.15, 0.2) is 59.1 Å². The van der Waals surface area contributed by atoms with Crippen LogP contribution < -0.4 is 15.4 Å². The number of halogens is 1. The van der Waals surface area contributed by atoms with Crippen molar-refractivity contribution in [2.45, 2.75) is 13.8 Å². The molecule has 25 heavy (non-hydrogen) atoms. The number of para-hydroxylation sites is 2. The third kappa shape index (κ3) is 4.70. The normalized spacial score (nSPS) is 10.4. The van der Waals surface area contributed by atoms with Gasteiger partial charge in [-0.2, -0.15) is 4.98 Å². The van der Waals surface area contributed by atoms with E-state index >= 15 is 0 Å². The van der Waals surface area contributed by atoms with Crippen molar-refractivity contribution in [1.82, 2.24) is 9.97 Å². The van der Waals surface area contributed by atoms with Crippen LogP contribution in [0.5, 0.6) is 5.75 Å². The number of aryl methyl sites for hydroxylation is 1. The number of nitrogens with one attached hydrogen (secondary N) is 2. The summed E-state index contributed by atoms with van der Waals surface area (Å²) < 4.78 is 6.68. The third-order valence-electron chi connectivity index (χ3n) is 3.40. The maximum atomic E-state index is 5.65. The molecular formula is C19H19BrN4O. The summed E-state index contributed by atoms with van der Waals surface area (Å²) in [5.74, 6) is 2.04. The minimum absolute atomic E-state index is 0.540. The number of nitrogens with zero attached hydrogens (tertiary/aromatic N) is 2. The van der Waals surface area contributed by atoms with Gasteiger partial charge in [-0.3, -0.25) is 0 Å². The highest BCUT2D eigenvalue weighted by Crippen LogP contribution is 2.27. The average molecular weight is 399 g/mol. The second kappa shape index (κ2) is 7.98. The predicted octanol–water partition coefficient (Wildman–Crippen LogP) is 5.43. The Hall–Kier alpha value is -2.60. The summed E-state index contributed by atoms with van der Waals surface area (Å²) in [6, 6.07) is 17.6. The molecule has 0 saturated carbocycles. The standard InChI is InChI=1S/C19H19BrN4O/c1-3-25-17-7-5-4-6-16(17)23-18-12-13(2)21-19(24-18)22-15-10-8-14(20)9-11-15/h4-12H,3H2,1-2H3,(H2,21,22,23,24). The summed E-state index contributed by atoms with van der Waals surface area (Å²) in [5, 5.41) is 6.53. The van der Waals surface area contributed by atoms with E-state index in [0.717, 1.165) is 27.3 Å².